The van der Waals surface area contributed by atoms with Gasteiger partial charge in [0.15, 0.2) is 9.84 Å². The van der Waals surface area contributed by atoms with Crippen molar-refractivity contribution in [1.82, 2.24) is 0 Å². The van der Waals surface area contributed by atoms with Gasteiger partial charge in [-0.25, -0.2) is 8.42 Å². The Kier molecular flexibility index (Phi) is 4.06. The Bertz CT molecular complexity index is 450. The fraction of sp³-hybridized carbons (Fsp3) is 0.364. The van der Waals surface area contributed by atoms with Crippen molar-refractivity contribution in [3.8, 4) is 0 Å². The number of carboxylic acid groups (broad SMARTS) is 1. The summed E-state index contributed by atoms with van der Waals surface area (Å²) in [5, 5.41) is 7.81. The maximum Gasteiger partial charge on any atom is 0.304 e. The first-order chi connectivity index (χ1) is 7.43. The summed E-state index contributed by atoms with van der Waals surface area (Å²) in [5.41, 5.74) is 0.688. The van der Waals surface area contributed by atoms with Crippen molar-refractivity contribution < 1.29 is 18.3 Å². The van der Waals surface area contributed by atoms with Gasteiger partial charge in [0, 0.05) is 0 Å². The van der Waals surface area contributed by atoms with E-state index in [1.165, 1.54) is 0 Å². The lowest BCUT2D eigenvalue weighted by Crippen LogP contribution is -2.16. The summed E-state index contributed by atoms with van der Waals surface area (Å²) in [6.45, 7) is 1.58. The van der Waals surface area contributed by atoms with Crippen LogP contribution in [0, 0.1) is 0 Å². The predicted molar refractivity (Wildman–Crippen MR) is 60.9 cm³/mol. The number of carboxylic acids is 1. The molecule has 0 aliphatic rings. The molecule has 0 spiro atoms. The van der Waals surface area contributed by atoms with Gasteiger partial charge < -0.3 is 5.11 Å². The van der Waals surface area contributed by atoms with E-state index in [1.807, 2.05) is 0 Å². The second-order valence-corrected chi connectivity index (χ2v) is 6.00. The number of rotatable bonds is 5. The Morgan fingerprint density at radius 2 is 1.88 bits per heavy atom. The van der Waals surface area contributed by atoms with Crippen LogP contribution in [0.4, 0.5) is 0 Å². The normalized spacial score (nSPS) is 13.3. The Balaban J connectivity index is 2.81. The molecule has 0 saturated heterocycles. The fourth-order valence-corrected chi connectivity index (χ4v) is 2.72. The first-order valence-electron chi connectivity index (χ1n) is 4.92. The highest BCUT2D eigenvalue weighted by atomic mass is 32.2. The van der Waals surface area contributed by atoms with Crippen LogP contribution in [0.25, 0.3) is 0 Å². The molecule has 0 heterocycles. The average molecular weight is 242 g/mol. The van der Waals surface area contributed by atoms with Crippen molar-refractivity contribution in [3.63, 3.8) is 0 Å². The zero-order valence-corrected chi connectivity index (χ0v) is 9.78. The molecule has 16 heavy (non-hydrogen) atoms. The van der Waals surface area contributed by atoms with Crippen molar-refractivity contribution in [2.24, 2.45) is 0 Å². The van der Waals surface area contributed by atoms with Crippen molar-refractivity contribution in [1.29, 1.82) is 0 Å². The number of sulfone groups is 1. The van der Waals surface area contributed by atoms with Crippen LogP contribution < -0.4 is 0 Å². The van der Waals surface area contributed by atoms with Gasteiger partial charge in [0.05, 0.1) is 17.4 Å². The van der Waals surface area contributed by atoms with Gasteiger partial charge in [-0.2, -0.15) is 0 Å². The zero-order valence-electron chi connectivity index (χ0n) is 8.96. The Labute approximate surface area is 94.8 Å². The highest BCUT2D eigenvalue weighted by Crippen LogP contribution is 2.22. The first kappa shape index (κ1) is 12.7. The molecule has 0 amide bonds. The molecule has 1 rings (SSSR count). The van der Waals surface area contributed by atoms with E-state index in [0.29, 0.717) is 5.56 Å². The van der Waals surface area contributed by atoms with Gasteiger partial charge in [-0.05, 0) is 12.5 Å². The first-order valence-corrected chi connectivity index (χ1v) is 6.63. The second-order valence-electron chi connectivity index (χ2n) is 3.56. The molecule has 0 radical (unpaired) electrons. The number of hydrogen-bond acceptors (Lipinski definition) is 3. The molecule has 1 atom stereocenters. The topological polar surface area (TPSA) is 71.4 Å². The van der Waals surface area contributed by atoms with Gasteiger partial charge >= 0.3 is 5.97 Å². The lowest BCUT2D eigenvalue weighted by Gasteiger charge is -2.12. The lowest BCUT2D eigenvalue weighted by molar-refractivity contribution is -0.136. The van der Waals surface area contributed by atoms with Gasteiger partial charge in [-0.15, -0.1) is 0 Å². The molecule has 0 fully saturated rings. The fourth-order valence-electron chi connectivity index (χ4n) is 1.34. The predicted octanol–water partition coefficient (Wildman–Crippen LogP) is 1.64. The highest BCUT2D eigenvalue weighted by molar-refractivity contribution is 7.91. The van der Waals surface area contributed by atoms with E-state index in [4.69, 9.17) is 5.11 Å². The smallest absolute Gasteiger partial charge is 0.304 e. The molecule has 4 nitrogen and oxygen atoms in total. The number of aliphatic carboxylic acids is 1. The van der Waals surface area contributed by atoms with Crippen LogP contribution in [-0.4, -0.2) is 25.2 Å². The van der Waals surface area contributed by atoms with Gasteiger partial charge in [-0.1, -0.05) is 30.3 Å². The summed E-state index contributed by atoms with van der Waals surface area (Å²) in [6, 6.07) is 8.78. The zero-order chi connectivity index (χ0) is 12.2. The summed E-state index contributed by atoms with van der Waals surface area (Å²) in [7, 11) is -3.39. The third-order valence-electron chi connectivity index (χ3n) is 2.41. The molecule has 0 aromatic heterocycles. The van der Waals surface area contributed by atoms with Crippen molar-refractivity contribution >= 4 is 15.8 Å². The van der Waals surface area contributed by atoms with Crippen LogP contribution >= 0.6 is 0 Å². The van der Waals surface area contributed by atoms with Crippen LogP contribution in [-0.2, 0) is 14.6 Å². The number of carbonyl (C=O) groups is 1. The molecular weight excluding hydrogens is 228 g/mol. The third-order valence-corrected chi connectivity index (χ3v) is 4.53. The highest BCUT2D eigenvalue weighted by Gasteiger charge is 2.22. The van der Waals surface area contributed by atoms with Gasteiger partial charge in [0.25, 0.3) is 0 Å². The van der Waals surface area contributed by atoms with Crippen LogP contribution in [0.5, 0.6) is 0 Å². The Morgan fingerprint density at radius 3 is 2.38 bits per heavy atom. The van der Waals surface area contributed by atoms with Gasteiger partial charge in [0.1, 0.15) is 0 Å². The van der Waals surface area contributed by atoms with Crippen LogP contribution in [0.2, 0.25) is 0 Å². The van der Waals surface area contributed by atoms with Crippen molar-refractivity contribution in [3.05, 3.63) is 35.9 Å². The molecule has 1 aromatic rings. The maximum atomic E-state index is 11.8. The molecule has 1 unspecified atom stereocenters. The average Bonchev–Trinajstić information content (AvgIpc) is 2.27. The monoisotopic (exact) mass is 242 g/mol. The minimum atomic E-state index is -3.39. The standard InChI is InChI=1S/C11H14O4S/c1-9(10-5-3-2-4-6-10)16(14,15)8-7-11(12)13/h2-6,9H,7-8H2,1H3,(H,12,13). The summed E-state index contributed by atoms with van der Waals surface area (Å²) in [5.74, 6) is -1.41. The molecule has 0 bridgehead atoms. The van der Waals surface area contributed by atoms with E-state index >= 15 is 0 Å². The molecule has 5 heteroatoms. The molecule has 1 N–H and O–H groups in total. The minimum Gasteiger partial charge on any atom is -0.481 e. The van der Waals surface area contributed by atoms with E-state index in [2.05, 4.69) is 0 Å². The van der Waals surface area contributed by atoms with Crippen molar-refractivity contribution in [2.45, 2.75) is 18.6 Å². The molecule has 0 saturated carbocycles. The van der Waals surface area contributed by atoms with Crippen LogP contribution in [0.3, 0.4) is 0 Å². The molecular formula is C11H14O4S. The lowest BCUT2D eigenvalue weighted by atomic mass is 10.2. The van der Waals surface area contributed by atoms with Crippen molar-refractivity contribution in [2.75, 3.05) is 5.75 Å². The molecule has 0 aliphatic heterocycles. The quantitative estimate of drug-likeness (QED) is 0.852. The summed E-state index contributed by atoms with van der Waals surface area (Å²) >= 11 is 0. The Hall–Kier alpha value is -1.36. The summed E-state index contributed by atoms with van der Waals surface area (Å²) in [4.78, 5) is 10.3. The SMILES string of the molecule is CC(c1ccccc1)S(=O)(=O)CCC(=O)O. The maximum absolute atomic E-state index is 11.8. The Morgan fingerprint density at radius 1 is 1.31 bits per heavy atom. The number of benzene rings is 1. The largest absolute Gasteiger partial charge is 0.481 e. The number of hydrogen-bond donors (Lipinski definition) is 1. The van der Waals surface area contributed by atoms with E-state index < -0.39 is 21.1 Å². The summed E-state index contributed by atoms with van der Waals surface area (Å²) in [6.07, 6.45) is -0.348. The molecule has 1 aromatic carbocycles. The second kappa shape index (κ2) is 5.12. The summed E-state index contributed by atoms with van der Waals surface area (Å²) < 4.78 is 23.5. The minimum absolute atomic E-state index is 0.321. The van der Waals surface area contributed by atoms with Crippen LogP contribution in [0.1, 0.15) is 24.2 Å². The third kappa shape index (κ3) is 3.34. The molecule has 0 aliphatic carbocycles. The van der Waals surface area contributed by atoms with E-state index in [0.717, 1.165) is 0 Å². The van der Waals surface area contributed by atoms with Gasteiger partial charge in [-0.3, -0.25) is 4.79 Å². The van der Waals surface area contributed by atoms with E-state index in [1.54, 1.807) is 37.3 Å². The van der Waals surface area contributed by atoms with E-state index in [-0.39, 0.29) is 12.2 Å². The molecule has 88 valence electrons. The van der Waals surface area contributed by atoms with Gasteiger partial charge in [0.2, 0.25) is 0 Å². The van der Waals surface area contributed by atoms with Crippen LogP contribution in [0.15, 0.2) is 30.3 Å². The van der Waals surface area contributed by atoms with E-state index in [9.17, 15) is 13.2 Å².